The van der Waals surface area contributed by atoms with Crippen molar-refractivity contribution in [3.63, 3.8) is 0 Å². The summed E-state index contributed by atoms with van der Waals surface area (Å²) < 4.78 is 0. The lowest BCUT2D eigenvalue weighted by molar-refractivity contribution is 0.158. The fraction of sp³-hybridized carbons (Fsp3) is 1.00. The van der Waals surface area contributed by atoms with E-state index in [2.05, 4.69) is 5.32 Å². The van der Waals surface area contributed by atoms with Gasteiger partial charge in [0, 0.05) is 25.6 Å². The second kappa shape index (κ2) is 5.80. The number of β-amino-alcohol motifs (C(OH)–C–C–N with tert-alkyl or cyclic N) is 1. The van der Waals surface area contributed by atoms with Gasteiger partial charge in [-0.2, -0.15) is 11.8 Å². The molecular formula is C8H17NO2S. The molecule has 0 bridgehead atoms. The van der Waals surface area contributed by atoms with Crippen LogP contribution in [0.2, 0.25) is 0 Å². The van der Waals surface area contributed by atoms with Crippen LogP contribution in [0.4, 0.5) is 0 Å². The summed E-state index contributed by atoms with van der Waals surface area (Å²) in [5.41, 5.74) is 0. The molecule has 0 radical (unpaired) electrons. The maximum Gasteiger partial charge on any atom is 0.0712 e. The molecule has 1 rings (SSSR count). The molecule has 72 valence electrons. The van der Waals surface area contributed by atoms with Crippen LogP contribution in [0.1, 0.15) is 6.42 Å². The first kappa shape index (κ1) is 10.3. The van der Waals surface area contributed by atoms with Gasteiger partial charge in [-0.3, -0.25) is 0 Å². The third-order valence-electron chi connectivity index (χ3n) is 2.08. The SMILES string of the molecule is OCCCSC[C@H]1CNCC1O. The molecule has 4 heteroatoms. The topological polar surface area (TPSA) is 52.5 Å². The predicted octanol–water partition coefficient (Wildman–Crippen LogP) is -0.318. The fourth-order valence-electron chi connectivity index (χ4n) is 1.29. The van der Waals surface area contributed by atoms with Crippen molar-refractivity contribution in [3.05, 3.63) is 0 Å². The largest absolute Gasteiger partial charge is 0.396 e. The number of hydrogen-bond donors (Lipinski definition) is 3. The van der Waals surface area contributed by atoms with E-state index in [0.717, 1.165) is 31.0 Å². The minimum atomic E-state index is -0.161. The maximum atomic E-state index is 9.42. The van der Waals surface area contributed by atoms with E-state index < -0.39 is 0 Å². The van der Waals surface area contributed by atoms with E-state index in [1.54, 1.807) is 0 Å². The molecule has 3 nitrogen and oxygen atoms in total. The van der Waals surface area contributed by atoms with E-state index in [4.69, 9.17) is 5.11 Å². The average Bonchev–Trinajstić information content (AvgIpc) is 2.46. The van der Waals surface area contributed by atoms with Crippen molar-refractivity contribution in [2.45, 2.75) is 12.5 Å². The Morgan fingerprint density at radius 3 is 2.83 bits per heavy atom. The number of rotatable bonds is 5. The van der Waals surface area contributed by atoms with Crippen LogP contribution in [0, 0.1) is 5.92 Å². The van der Waals surface area contributed by atoms with Crippen LogP contribution in [-0.4, -0.2) is 47.5 Å². The molecule has 0 saturated carbocycles. The smallest absolute Gasteiger partial charge is 0.0712 e. The van der Waals surface area contributed by atoms with Crippen molar-refractivity contribution in [2.75, 3.05) is 31.2 Å². The second-order valence-corrected chi connectivity index (χ2v) is 4.29. The lowest BCUT2D eigenvalue weighted by Crippen LogP contribution is -2.20. The summed E-state index contributed by atoms with van der Waals surface area (Å²) in [7, 11) is 0. The van der Waals surface area contributed by atoms with Gasteiger partial charge in [-0.25, -0.2) is 0 Å². The Kier molecular flexibility index (Phi) is 4.99. The van der Waals surface area contributed by atoms with Gasteiger partial charge in [-0.05, 0) is 17.9 Å². The van der Waals surface area contributed by atoms with Crippen LogP contribution in [0.15, 0.2) is 0 Å². The summed E-state index contributed by atoms with van der Waals surface area (Å²) in [6.45, 7) is 1.96. The Morgan fingerprint density at radius 2 is 2.25 bits per heavy atom. The first-order valence-corrected chi connectivity index (χ1v) is 5.57. The fourth-order valence-corrected chi connectivity index (χ4v) is 2.43. The van der Waals surface area contributed by atoms with Gasteiger partial charge in [0.05, 0.1) is 6.10 Å². The number of aliphatic hydroxyl groups is 2. The van der Waals surface area contributed by atoms with Gasteiger partial charge in [-0.15, -0.1) is 0 Å². The van der Waals surface area contributed by atoms with Gasteiger partial charge >= 0.3 is 0 Å². The molecule has 0 aromatic carbocycles. The molecule has 0 aromatic heterocycles. The highest BCUT2D eigenvalue weighted by molar-refractivity contribution is 7.99. The summed E-state index contributed by atoms with van der Waals surface area (Å²) in [6, 6.07) is 0. The van der Waals surface area contributed by atoms with Crippen molar-refractivity contribution in [2.24, 2.45) is 5.92 Å². The minimum Gasteiger partial charge on any atom is -0.396 e. The number of thioether (sulfide) groups is 1. The molecule has 0 aromatic rings. The van der Waals surface area contributed by atoms with Crippen LogP contribution in [0.25, 0.3) is 0 Å². The summed E-state index contributed by atoms with van der Waals surface area (Å²) in [5.74, 6) is 2.42. The third-order valence-corrected chi connectivity index (χ3v) is 3.32. The highest BCUT2D eigenvalue weighted by Gasteiger charge is 2.24. The van der Waals surface area contributed by atoms with Crippen LogP contribution in [0.3, 0.4) is 0 Å². The van der Waals surface area contributed by atoms with E-state index >= 15 is 0 Å². The van der Waals surface area contributed by atoms with E-state index in [-0.39, 0.29) is 12.7 Å². The maximum absolute atomic E-state index is 9.42. The molecule has 12 heavy (non-hydrogen) atoms. The van der Waals surface area contributed by atoms with Gasteiger partial charge in [0.1, 0.15) is 0 Å². The lowest BCUT2D eigenvalue weighted by Gasteiger charge is -2.11. The number of hydrogen-bond acceptors (Lipinski definition) is 4. The van der Waals surface area contributed by atoms with Crippen molar-refractivity contribution >= 4 is 11.8 Å². The zero-order chi connectivity index (χ0) is 8.81. The van der Waals surface area contributed by atoms with Crippen molar-refractivity contribution in [3.8, 4) is 0 Å². The molecule has 3 N–H and O–H groups in total. The highest BCUT2D eigenvalue weighted by Crippen LogP contribution is 2.15. The van der Waals surface area contributed by atoms with Crippen LogP contribution in [-0.2, 0) is 0 Å². The molecular weight excluding hydrogens is 174 g/mol. The molecule has 1 unspecified atom stereocenters. The first-order valence-electron chi connectivity index (χ1n) is 4.42. The van der Waals surface area contributed by atoms with E-state index in [1.165, 1.54) is 0 Å². The molecule has 0 amide bonds. The molecule has 1 fully saturated rings. The van der Waals surface area contributed by atoms with Gasteiger partial charge < -0.3 is 15.5 Å². The summed E-state index contributed by atoms with van der Waals surface area (Å²) in [5, 5.41) is 21.1. The van der Waals surface area contributed by atoms with Crippen LogP contribution in [0.5, 0.6) is 0 Å². The Balaban J connectivity index is 1.98. The summed E-state index contributed by atoms with van der Waals surface area (Å²) in [6.07, 6.45) is 0.701. The molecule has 1 saturated heterocycles. The third kappa shape index (κ3) is 3.31. The zero-order valence-corrected chi connectivity index (χ0v) is 8.02. The molecule has 1 aliphatic rings. The van der Waals surface area contributed by atoms with Gasteiger partial charge in [-0.1, -0.05) is 0 Å². The van der Waals surface area contributed by atoms with Gasteiger partial charge in [0.2, 0.25) is 0 Å². The quantitative estimate of drug-likeness (QED) is 0.521. The Hall–Kier alpha value is 0.230. The minimum absolute atomic E-state index is 0.161. The van der Waals surface area contributed by atoms with Gasteiger partial charge in [0.25, 0.3) is 0 Å². The van der Waals surface area contributed by atoms with Crippen LogP contribution < -0.4 is 5.32 Å². The lowest BCUT2D eigenvalue weighted by atomic mass is 10.1. The average molecular weight is 191 g/mol. The molecule has 0 spiro atoms. The Bertz CT molecular complexity index is 124. The van der Waals surface area contributed by atoms with Crippen molar-refractivity contribution in [1.82, 2.24) is 5.32 Å². The second-order valence-electron chi connectivity index (χ2n) is 3.14. The summed E-state index contributed by atoms with van der Waals surface area (Å²) >= 11 is 1.82. The Morgan fingerprint density at radius 1 is 1.42 bits per heavy atom. The van der Waals surface area contributed by atoms with Gasteiger partial charge in [0.15, 0.2) is 0 Å². The molecule has 2 atom stereocenters. The summed E-state index contributed by atoms with van der Waals surface area (Å²) in [4.78, 5) is 0. The number of nitrogens with one attached hydrogen (secondary N) is 1. The molecule has 1 aliphatic heterocycles. The van der Waals surface area contributed by atoms with Crippen molar-refractivity contribution in [1.29, 1.82) is 0 Å². The predicted molar refractivity (Wildman–Crippen MR) is 51.4 cm³/mol. The first-order chi connectivity index (χ1) is 5.84. The zero-order valence-electron chi connectivity index (χ0n) is 7.20. The number of aliphatic hydroxyl groups excluding tert-OH is 2. The standard InChI is InChI=1S/C8H17NO2S/c10-2-1-3-12-6-7-4-9-5-8(7)11/h7-11H,1-6H2/t7-,8?/m1/s1. The normalized spacial score (nSPS) is 29.5. The highest BCUT2D eigenvalue weighted by atomic mass is 32.2. The molecule has 0 aliphatic carbocycles. The van der Waals surface area contributed by atoms with E-state index in [1.807, 2.05) is 11.8 Å². The van der Waals surface area contributed by atoms with E-state index in [9.17, 15) is 5.11 Å². The van der Waals surface area contributed by atoms with Crippen LogP contribution >= 0.6 is 11.8 Å². The Labute approximate surface area is 77.5 Å². The van der Waals surface area contributed by atoms with Crippen molar-refractivity contribution < 1.29 is 10.2 Å². The van der Waals surface area contributed by atoms with E-state index in [0.29, 0.717) is 5.92 Å². The monoisotopic (exact) mass is 191 g/mol. The molecule has 1 heterocycles.